The Hall–Kier alpha value is -2.70. The summed E-state index contributed by atoms with van der Waals surface area (Å²) < 4.78 is 0. The Morgan fingerprint density at radius 1 is 1.29 bits per heavy atom. The van der Waals surface area contributed by atoms with Crippen LogP contribution in [0.25, 0.3) is 0 Å². The second-order valence-electron chi connectivity index (χ2n) is 6.16. The van der Waals surface area contributed by atoms with Gasteiger partial charge in [-0.1, -0.05) is 6.07 Å². The number of piperidine rings is 1. The van der Waals surface area contributed by atoms with E-state index in [1.54, 1.807) is 13.0 Å². The molecule has 0 bridgehead atoms. The summed E-state index contributed by atoms with van der Waals surface area (Å²) in [7, 11) is 0. The van der Waals surface area contributed by atoms with E-state index in [0.29, 0.717) is 11.6 Å². The molecule has 0 atom stereocenters. The van der Waals surface area contributed by atoms with Crippen LogP contribution in [0.15, 0.2) is 30.5 Å². The number of anilines is 2. The minimum atomic E-state index is -0.392. The number of aromatic nitrogens is 2. The van der Waals surface area contributed by atoms with Crippen LogP contribution in [-0.4, -0.2) is 34.0 Å². The van der Waals surface area contributed by atoms with Crippen molar-refractivity contribution >= 4 is 17.3 Å². The number of pyridine rings is 2. The zero-order valence-electron chi connectivity index (χ0n) is 13.9. The lowest BCUT2D eigenvalue weighted by atomic mass is 10.0. The Morgan fingerprint density at radius 2 is 2.04 bits per heavy atom. The first-order chi connectivity index (χ1) is 11.5. The van der Waals surface area contributed by atoms with Crippen LogP contribution < -0.4 is 10.2 Å². The molecule has 0 radical (unpaired) electrons. The van der Waals surface area contributed by atoms with Crippen LogP contribution >= 0.6 is 0 Å². The summed E-state index contributed by atoms with van der Waals surface area (Å²) in [5, 5.41) is 14.4. The summed E-state index contributed by atoms with van der Waals surface area (Å²) >= 11 is 0. The van der Waals surface area contributed by atoms with Gasteiger partial charge in [-0.15, -0.1) is 0 Å². The molecule has 7 heteroatoms. The van der Waals surface area contributed by atoms with E-state index in [2.05, 4.69) is 20.2 Å². The van der Waals surface area contributed by atoms with Crippen LogP contribution in [0.4, 0.5) is 17.3 Å². The zero-order chi connectivity index (χ0) is 17.1. The molecule has 0 aliphatic carbocycles. The first-order valence-corrected chi connectivity index (χ1v) is 8.09. The topological polar surface area (TPSA) is 84.2 Å². The zero-order valence-corrected chi connectivity index (χ0v) is 13.9. The largest absolute Gasteiger partial charge is 0.367 e. The maximum Gasteiger partial charge on any atom is 0.290 e. The highest BCUT2D eigenvalue weighted by atomic mass is 16.6. The van der Waals surface area contributed by atoms with Gasteiger partial charge >= 0.3 is 0 Å². The molecule has 2 aromatic heterocycles. The normalized spacial score (nSPS) is 15.3. The molecule has 2 aromatic rings. The maximum absolute atomic E-state index is 10.9. The van der Waals surface area contributed by atoms with Crippen molar-refractivity contribution in [2.24, 2.45) is 0 Å². The lowest BCUT2D eigenvalue weighted by molar-refractivity contribution is -0.385. The molecule has 126 valence electrons. The van der Waals surface area contributed by atoms with E-state index >= 15 is 0 Å². The highest BCUT2D eigenvalue weighted by molar-refractivity contribution is 5.49. The van der Waals surface area contributed by atoms with E-state index in [4.69, 9.17) is 0 Å². The number of hydrogen-bond acceptors (Lipinski definition) is 6. The Balaban J connectivity index is 1.61. The van der Waals surface area contributed by atoms with Crippen molar-refractivity contribution in [3.8, 4) is 0 Å². The highest BCUT2D eigenvalue weighted by Gasteiger charge is 2.22. The average Bonchev–Trinajstić information content (AvgIpc) is 2.55. The van der Waals surface area contributed by atoms with Gasteiger partial charge in [-0.25, -0.2) is 9.97 Å². The molecule has 24 heavy (non-hydrogen) atoms. The predicted octanol–water partition coefficient (Wildman–Crippen LogP) is 3.08. The average molecular weight is 327 g/mol. The van der Waals surface area contributed by atoms with Gasteiger partial charge in [0, 0.05) is 30.4 Å². The van der Waals surface area contributed by atoms with Gasteiger partial charge in [-0.2, -0.15) is 0 Å². The summed E-state index contributed by atoms with van der Waals surface area (Å²) in [5.74, 6) is 1.72. The van der Waals surface area contributed by atoms with Crippen LogP contribution in [0.1, 0.15) is 24.1 Å². The molecule has 0 spiro atoms. The van der Waals surface area contributed by atoms with Gasteiger partial charge in [0.25, 0.3) is 5.69 Å². The Morgan fingerprint density at radius 3 is 2.67 bits per heavy atom. The van der Waals surface area contributed by atoms with Crippen LogP contribution in [0.5, 0.6) is 0 Å². The molecule has 0 amide bonds. The molecule has 3 heterocycles. The van der Waals surface area contributed by atoms with Gasteiger partial charge in [0.05, 0.1) is 4.92 Å². The molecule has 1 aliphatic heterocycles. The van der Waals surface area contributed by atoms with Crippen molar-refractivity contribution in [3.63, 3.8) is 0 Å². The number of nitrogens with one attached hydrogen (secondary N) is 1. The third-order valence-corrected chi connectivity index (χ3v) is 4.32. The van der Waals surface area contributed by atoms with Gasteiger partial charge in [0.1, 0.15) is 17.8 Å². The van der Waals surface area contributed by atoms with Gasteiger partial charge < -0.3 is 10.2 Å². The van der Waals surface area contributed by atoms with E-state index in [-0.39, 0.29) is 5.69 Å². The molecule has 1 saturated heterocycles. The minimum absolute atomic E-state index is 0.0702. The van der Waals surface area contributed by atoms with Crippen molar-refractivity contribution in [1.82, 2.24) is 9.97 Å². The van der Waals surface area contributed by atoms with Gasteiger partial charge in [-0.3, -0.25) is 10.1 Å². The van der Waals surface area contributed by atoms with Crippen molar-refractivity contribution in [1.29, 1.82) is 0 Å². The second-order valence-corrected chi connectivity index (χ2v) is 6.16. The van der Waals surface area contributed by atoms with Gasteiger partial charge in [0.2, 0.25) is 0 Å². The monoisotopic (exact) mass is 327 g/mol. The van der Waals surface area contributed by atoms with Crippen LogP contribution in [0.3, 0.4) is 0 Å². The summed E-state index contributed by atoms with van der Waals surface area (Å²) in [6, 6.07) is 8.16. The lowest BCUT2D eigenvalue weighted by Gasteiger charge is -2.33. The van der Waals surface area contributed by atoms with Crippen molar-refractivity contribution in [3.05, 3.63) is 51.8 Å². The van der Waals surface area contributed by atoms with Crippen LogP contribution in [0.2, 0.25) is 0 Å². The standard InChI is InChI=1S/C17H21N5O2/c1-12-10-17(18-11-15(12)22(23)24)21-8-6-14(7-9-21)20-16-5-3-4-13(2)19-16/h3-5,10-11,14H,6-9H2,1-2H3,(H,19,20). The lowest BCUT2D eigenvalue weighted by Crippen LogP contribution is -2.39. The molecule has 1 fully saturated rings. The van der Waals surface area contributed by atoms with E-state index in [0.717, 1.165) is 43.3 Å². The number of nitro groups is 1. The van der Waals surface area contributed by atoms with E-state index in [1.165, 1.54) is 6.20 Å². The Bertz CT molecular complexity index is 742. The molecule has 3 rings (SSSR count). The molecular formula is C17H21N5O2. The SMILES string of the molecule is Cc1cccc(NC2CCN(c3cc(C)c([N+](=O)[O-])cn3)CC2)n1. The fourth-order valence-corrected chi connectivity index (χ4v) is 2.98. The fourth-order valence-electron chi connectivity index (χ4n) is 2.98. The van der Waals surface area contributed by atoms with E-state index in [1.807, 2.05) is 25.1 Å². The van der Waals surface area contributed by atoms with E-state index in [9.17, 15) is 10.1 Å². The van der Waals surface area contributed by atoms with Crippen molar-refractivity contribution in [2.75, 3.05) is 23.3 Å². The first-order valence-electron chi connectivity index (χ1n) is 8.09. The minimum Gasteiger partial charge on any atom is -0.367 e. The van der Waals surface area contributed by atoms with Gasteiger partial charge in [-0.05, 0) is 44.9 Å². The molecule has 0 saturated carbocycles. The van der Waals surface area contributed by atoms with E-state index < -0.39 is 4.92 Å². The molecule has 0 aromatic carbocycles. The Kier molecular flexibility index (Phi) is 4.59. The Labute approximate surface area is 140 Å². The number of nitrogens with zero attached hydrogens (tertiary/aromatic N) is 4. The third kappa shape index (κ3) is 3.61. The smallest absolute Gasteiger partial charge is 0.290 e. The maximum atomic E-state index is 10.9. The van der Waals surface area contributed by atoms with Crippen LogP contribution in [0, 0.1) is 24.0 Å². The van der Waals surface area contributed by atoms with Crippen molar-refractivity contribution in [2.45, 2.75) is 32.7 Å². The van der Waals surface area contributed by atoms with Crippen molar-refractivity contribution < 1.29 is 4.92 Å². The summed E-state index contributed by atoms with van der Waals surface area (Å²) in [4.78, 5) is 21.4. The fraction of sp³-hybridized carbons (Fsp3) is 0.412. The quantitative estimate of drug-likeness (QED) is 0.686. The molecular weight excluding hydrogens is 306 g/mol. The third-order valence-electron chi connectivity index (χ3n) is 4.32. The van der Waals surface area contributed by atoms with Gasteiger partial charge in [0.15, 0.2) is 0 Å². The predicted molar refractivity (Wildman–Crippen MR) is 93.5 cm³/mol. The number of rotatable bonds is 4. The summed E-state index contributed by atoms with van der Waals surface area (Å²) in [6.45, 7) is 5.47. The number of aryl methyl sites for hydroxylation is 2. The molecule has 0 unspecified atom stereocenters. The number of hydrogen-bond donors (Lipinski definition) is 1. The molecule has 1 N–H and O–H groups in total. The first kappa shape index (κ1) is 16.2. The summed E-state index contributed by atoms with van der Waals surface area (Å²) in [6.07, 6.45) is 3.31. The second kappa shape index (κ2) is 6.82. The summed E-state index contributed by atoms with van der Waals surface area (Å²) in [5.41, 5.74) is 1.72. The van der Waals surface area contributed by atoms with Crippen LogP contribution in [-0.2, 0) is 0 Å². The molecule has 1 aliphatic rings. The molecule has 7 nitrogen and oxygen atoms in total. The highest BCUT2D eigenvalue weighted by Crippen LogP contribution is 2.24.